The van der Waals surface area contributed by atoms with E-state index in [9.17, 15) is 0 Å². The van der Waals surface area contributed by atoms with Crippen molar-refractivity contribution < 1.29 is 0 Å². The molecular formula is C14H28N2. The predicted molar refractivity (Wildman–Crippen MR) is 69.7 cm³/mol. The standard InChI is InChI=1S/C14H28N2/c1-3-16(14-6-4-5-7-14)11-10-15-12(2)13-8-9-13/h12-15H,3-11H2,1-2H3. The van der Waals surface area contributed by atoms with Gasteiger partial charge in [0.05, 0.1) is 0 Å². The molecule has 2 nitrogen and oxygen atoms in total. The molecule has 0 spiro atoms. The molecule has 0 aromatic carbocycles. The first-order valence-electron chi connectivity index (χ1n) is 7.28. The Bertz CT molecular complexity index is 195. The summed E-state index contributed by atoms with van der Waals surface area (Å²) in [4.78, 5) is 2.68. The third-order valence-electron chi connectivity index (χ3n) is 4.44. The van der Waals surface area contributed by atoms with Crippen LogP contribution in [0.25, 0.3) is 0 Å². The van der Waals surface area contributed by atoms with Crippen LogP contribution in [0.15, 0.2) is 0 Å². The van der Waals surface area contributed by atoms with E-state index in [0.717, 1.165) is 18.0 Å². The molecule has 0 aliphatic heterocycles. The molecule has 0 radical (unpaired) electrons. The van der Waals surface area contributed by atoms with Gasteiger partial charge in [-0.25, -0.2) is 0 Å². The second-order valence-electron chi connectivity index (χ2n) is 5.65. The van der Waals surface area contributed by atoms with E-state index in [1.54, 1.807) is 0 Å². The quantitative estimate of drug-likeness (QED) is 0.715. The average molecular weight is 224 g/mol. The SMILES string of the molecule is CCN(CCNC(C)C1CC1)C1CCCC1. The van der Waals surface area contributed by atoms with Crippen LogP contribution in [-0.4, -0.2) is 36.6 Å². The Morgan fingerprint density at radius 1 is 1.19 bits per heavy atom. The fraction of sp³-hybridized carbons (Fsp3) is 1.00. The van der Waals surface area contributed by atoms with Crippen LogP contribution in [0, 0.1) is 5.92 Å². The summed E-state index contributed by atoms with van der Waals surface area (Å²) in [6, 6.07) is 1.64. The Kier molecular flexibility index (Phi) is 4.66. The van der Waals surface area contributed by atoms with Gasteiger partial charge in [-0.2, -0.15) is 0 Å². The van der Waals surface area contributed by atoms with Gasteiger partial charge in [-0.15, -0.1) is 0 Å². The molecule has 1 unspecified atom stereocenters. The summed E-state index contributed by atoms with van der Waals surface area (Å²) in [5.41, 5.74) is 0. The van der Waals surface area contributed by atoms with Gasteiger partial charge in [0, 0.05) is 25.2 Å². The molecule has 0 bridgehead atoms. The lowest BCUT2D eigenvalue weighted by atomic mass is 10.2. The van der Waals surface area contributed by atoms with E-state index in [-0.39, 0.29) is 0 Å². The fourth-order valence-electron chi connectivity index (χ4n) is 3.07. The van der Waals surface area contributed by atoms with E-state index in [4.69, 9.17) is 0 Å². The molecule has 1 N–H and O–H groups in total. The summed E-state index contributed by atoms with van der Waals surface area (Å²) >= 11 is 0. The van der Waals surface area contributed by atoms with Crippen LogP contribution in [0.1, 0.15) is 52.4 Å². The van der Waals surface area contributed by atoms with Gasteiger partial charge in [0.2, 0.25) is 0 Å². The summed E-state index contributed by atoms with van der Waals surface area (Å²) in [5, 5.41) is 3.69. The number of nitrogens with zero attached hydrogens (tertiary/aromatic N) is 1. The van der Waals surface area contributed by atoms with Crippen molar-refractivity contribution in [3.8, 4) is 0 Å². The van der Waals surface area contributed by atoms with Gasteiger partial charge in [-0.05, 0) is 45.1 Å². The topological polar surface area (TPSA) is 15.3 Å². The van der Waals surface area contributed by atoms with E-state index in [1.165, 1.54) is 58.2 Å². The van der Waals surface area contributed by atoms with Gasteiger partial charge >= 0.3 is 0 Å². The summed E-state index contributed by atoms with van der Waals surface area (Å²) < 4.78 is 0. The van der Waals surface area contributed by atoms with Gasteiger partial charge in [0.15, 0.2) is 0 Å². The molecule has 16 heavy (non-hydrogen) atoms. The normalized spacial score (nSPS) is 24.2. The largest absolute Gasteiger partial charge is 0.313 e. The fourth-order valence-corrected chi connectivity index (χ4v) is 3.07. The van der Waals surface area contributed by atoms with Crippen LogP contribution in [0.3, 0.4) is 0 Å². The summed E-state index contributed by atoms with van der Waals surface area (Å²) in [6.07, 6.45) is 8.68. The number of hydrogen-bond donors (Lipinski definition) is 1. The first kappa shape index (κ1) is 12.4. The molecule has 0 amide bonds. The van der Waals surface area contributed by atoms with Gasteiger partial charge in [-0.1, -0.05) is 19.8 Å². The molecule has 2 rings (SSSR count). The Morgan fingerprint density at radius 2 is 1.88 bits per heavy atom. The van der Waals surface area contributed by atoms with Crippen molar-refractivity contribution in [3.63, 3.8) is 0 Å². The molecule has 2 heteroatoms. The molecule has 2 saturated carbocycles. The highest BCUT2D eigenvalue weighted by atomic mass is 15.2. The third kappa shape index (κ3) is 3.46. The highest BCUT2D eigenvalue weighted by molar-refractivity contribution is 4.84. The van der Waals surface area contributed by atoms with E-state index in [2.05, 4.69) is 24.1 Å². The van der Waals surface area contributed by atoms with Gasteiger partial charge in [-0.3, -0.25) is 4.90 Å². The lowest BCUT2D eigenvalue weighted by molar-refractivity contribution is 0.206. The number of rotatable bonds is 7. The van der Waals surface area contributed by atoms with E-state index in [0.29, 0.717) is 0 Å². The van der Waals surface area contributed by atoms with Crippen LogP contribution < -0.4 is 5.32 Å². The Balaban J connectivity index is 1.61. The Hall–Kier alpha value is -0.0800. The second kappa shape index (κ2) is 6.02. The maximum Gasteiger partial charge on any atom is 0.0110 e. The molecule has 1 atom stereocenters. The highest BCUT2D eigenvalue weighted by Gasteiger charge is 2.27. The molecule has 0 heterocycles. The first-order valence-corrected chi connectivity index (χ1v) is 7.28. The lowest BCUT2D eigenvalue weighted by Gasteiger charge is -2.28. The van der Waals surface area contributed by atoms with Crippen molar-refractivity contribution in [2.75, 3.05) is 19.6 Å². The van der Waals surface area contributed by atoms with Crippen molar-refractivity contribution in [3.05, 3.63) is 0 Å². The van der Waals surface area contributed by atoms with Gasteiger partial charge in [0.1, 0.15) is 0 Å². The minimum absolute atomic E-state index is 0.752. The van der Waals surface area contributed by atoms with E-state index < -0.39 is 0 Å². The number of nitrogens with one attached hydrogen (secondary N) is 1. The molecule has 0 aromatic rings. The maximum atomic E-state index is 3.69. The Labute approximate surface area is 101 Å². The van der Waals surface area contributed by atoms with E-state index >= 15 is 0 Å². The van der Waals surface area contributed by atoms with Crippen molar-refractivity contribution >= 4 is 0 Å². The number of likely N-dealkylation sites (N-methyl/N-ethyl adjacent to an activating group) is 1. The van der Waals surface area contributed by atoms with Crippen LogP contribution in [-0.2, 0) is 0 Å². The molecule has 0 saturated heterocycles. The van der Waals surface area contributed by atoms with Crippen molar-refractivity contribution in [1.29, 1.82) is 0 Å². The second-order valence-corrected chi connectivity index (χ2v) is 5.65. The summed E-state index contributed by atoms with van der Waals surface area (Å²) in [7, 11) is 0. The maximum absolute atomic E-state index is 3.69. The molecule has 2 fully saturated rings. The predicted octanol–water partition coefficient (Wildman–Crippen LogP) is 2.64. The van der Waals surface area contributed by atoms with Crippen molar-refractivity contribution in [2.24, 2.45) is 5.92 Å². The van der Waals surface area contributed by atoms with E-state index in [1.807, 2.05) is 0 Å². The zero-order valence-corrected chi connectivity index (χ0v) is 11.0. The monoisotopic (exact) mass is 224 g/mol. The molecule has 2 aliphatic carbocycles. The molecule has 0 aromatic heterocycles. The van der Waals surface area contributed by atoms with Crippen LogP contribution in [0.2, 0.25) is 0 Å². The molecule has 2 aliphatic rings. The smallest absolute Gasteiger partial charge is 0.0110 e. The molecular weight excluding hydrogens is 196 g/mol. The minimum atomic E-state index is 0.752. The molecule has 94 valence electrons. The summed E-state index contributed by atoms with van der Waals surface area (Å²) in [6.45, 7) is 8.32. The van der Waals surface area contributed by atoms with Crippen molar-refractivity contribution in [2.45, 2.75) is 64.5 Å². The zero-order chi connectivity index (χ0) is 11.4. The van der Waals surface area contributed by atoms with Crippen LogP contribution >= 0.6 is 0 Å². The minimum Gasteiger partial charge on any atom is -0.313 e. The third-order valence-corrected chi connectivity index (χ3v) is 4.44. The van der Waals surface area contributed by atoms with Crippen LogP contribution in [0.5, 0.6) is 0 Å². The van der Waals surface area contributed by atoms with Crippen molar-refractivity contribution in [1.82, 2.24) is 10.2 Å². The Morgan fingerprint density at radius 3 is 2.44 bits per heavy atom. The summed E-state index contributed by atoms with van der Waals surface area (Å²) in [5.74, 6) is 0.988. The number of hydrogen-bond acceptors (Lipinski definition) is 2. The van der Waals surface area contributed by atoms with Crippen LogP contribution in [0.4, 0.5) is 0 Å². The zero-order valence-electron chi connectivity index (χ0n) is 11.0. The van der Waals surface area contributed by atoms with Gasteiger partial charge in [0.25, 0.3) is 0 Å². The average Bonchev–Trinajstić information content (AvgIpc) is 3.01. The van der Waals surface area contributed by atoms with Gasteiger partial charge < -0.3 is 5.32 Å². The first-order chi connectivity index (χ1) is 7.81. The lowest BCUT2D eigenvalue weighted by Crippen LogP contribution is -2.40. The highest BCUT2D eigenvalue weighted by Crippen LogP contribution is 2.32.